The zero-order valence-electron chi connectivity index (χ0n) is 16.8. The molecule has 0 amide bonds. The Balaban J connectivity index is 1.23. The topological polar surface area (TPSA) is 101 Å². The van der Waals surface area contributed by atoms with Crippen LogP contribution >= 0.6 is 0 Å². The van der Waals surface area contributed by atoms with Crippen molar-refractivity contribution in [2.45, 2.75) is 13.5 Å². The summed E-state index contributed by atoms with van der Waals surface area (Å²) < 4.78 is 3.17. The fraction of sp³-hybridized carbons (Fsp3) is 0.350. The Hall–Kier alpha value is -3.53. The minimum atomic E-state index is -0.102. The molecule has 0 radical (unpaired) electrons. The summed E-state index contributed by atoms with van der Waals surface area (Å²) in [5.74, 6) is 1.59. The fourth-order valence-corrected chi connectivity index (χ4v) is 3.84. The minimum Gasteiger partial charge on any atom is -0.354 e. The Labute approximate surface area is 172 Å². The van der Waals surface area contributed by atoms with Crippen LogP contribution in [0.15, 0.2) is 47.8 Å². The van der Waals surface area contributed by atoms with Crippen LogP contribution in [0.25, 0.3) is 16.9 Å². The van der Waals surface area contributed by atoms with E-state index in [9.17, 15) is 4.79 Å². The van der Waals surface area contributed by atoms with E-state index < -0.39 is 0 Å². The second kappa shape index (κ2) is 7.71. The van der Waals surface area contributed by atoms with Gasteiger partial charge in [0.25, 0.3) is 5.56 Å². The molecule has 0 bridgehead atoms. The van der Waals surface area contributed by atoms with Crippen molar-refractivity contribution in [3.05, 3.63) is 59.0 Å². The van der Waals surface area contributed by atoms with Crippen molar-refractivity contribution in [3.8, 4) is 5.82 Å². The van der Waals surface area contributed by atoms with Gasteiger partial charge < -0.3 is 9.88 Å². The first-order valence-corrected chi connectivity index (χ1v) is 10.0. The molecule has 0 saturated carbocycles. The molecular weight excluding hydrogens is 382 g/mol. The largest absolute Gasteiger partial charge is 0.354 e. The first-order valence-electron chi connectivity index (χ1n) is 10.0. The standard InChI is InChI=1S/C20H23N9O/c1-15-13-16-19(24-15)20(22-14-21-16)27-10-7-26(8-11-27)9-12-29-18(30)4-3-17(25-29)28-6-2-5-23-28/h2-6,13-14,24H,7-12H2,1H3. The number of aromatic amines is 1. The van der Waals surface area contributed by atoms with Crippen molar-refractivity contribution in [1.29, 1.82) is 0 Å². The van der Waals surface area contributed by atoms with Gasteiger partial charge in [-0.05, 0) is 25.1 Å². The third kappa shape index (κ3) is 3.57. The molecule has 30 heavy (non-hydrogen) atoms. The number of piperazine rings is 1. The Morgan fingerprint density at radius 2 is 1.97 bits per heavy atom. The summed E-state index contributed by atoms with van der Waals surface area (Å²) in [6.45, 7) is 6.89. The highest BCUT2D eigenvalue weighted by Crippen LogP contribution is 2.23. The summed E-state index contributed by atoms with van der Waals surface area (Å²) in [7, 11) is 0. The SMILES string of the molecule is Cc1cc2ncnc(N3CCN(CCn4nc(-n5cccn5)ccc4=O)CC3)c2[nH]1. The Morgan fingerprint density at radius 3 is 2.77 bits per heavy atom. The summed E-state index contributed by atoms with van der Waals surface area (Å²) in [6, 6.07) is 7.10. The van der Waals surface area contributed by atoms with Gasteiger partial charge in [-0.2, -0.15) is 5.10 Å². The van der Waals surface area contributed by atoms with Crippen LogP contribution in [0.2, 0.25) is 0 Å². The number of fused-ring (bicyclic) bond motifs is 1. The summed E-state index contributed by atoms with van der Waals surface area (Å²) in [5.41, 5.74) is 2.92. The van der Waals surface area contributed by atoms with Crippen molar-refractivity contribution in [1.82, 2.24) is 39.4 Å². The second-order valence-corrected chi connectivity index (χ2v) is 7.44. The zero-order chi connectivity index (χ0) is 20.5. The van der Waals surface area contributed by atoms with Gasteiger partial charge in [0, 0.05) is 56.9 Å². The van der Waals surface area contributed by atoms with Crippen LogP contribution in [0.4, 0.5) is 5.82 Å². The third-order valence-corrected chi connectivity index (χ3v) is 5.42. The number of nitrogens with one attached hydrogen (secondary N) is 1. The number of nitrogens with zero attached hydrogens (tertiary/aromatic N) is 8. The van der Waals surface area contributed by atoms with Crippen molar-refractivity contribution >= 4 is 16.9 Å². The molecule has 4 aromatic rings. The predicted molar refractivity (Wildman–Crippen MR) is 113 cm³/mol. The Bertz CT molecular complexity index is 1200. The van der Waals surface area contributed by atoms with Crippen LogP contribution in [-0.2, 0) is 6.54 Å². The van der Waals surface area contributed by atoms with E-state index >= 15 is 0 Å². The number of aryl methyl sites for hydroxylation is 1. The smallest absolute Gasteiger partial charge is 0.266 e. The molecule has 10 nitrogen and oxygen atoms in total. The van der Waals surface area contributed by atoms with Gasteiger partial charge in [0.05, 0.1) is 12.1 Å². The highest BCUT2D eigenvalue weighted by Gasteiger charge is 2.20. The summed E-state index contributed by atoms with van der Waals surface area (Å²) in [4.78, 5) is 29.1. The molecule has 1 fully saturated rings. The van der Waals surface area contributed by atoms with Crippen LogP contribution < -0.4 is 10.5 Å². The molecule has 0 atom stereocenters. The molecule has 1 N–H and O–H groups in total. The minimum absolute atomic E-state index is 0.102. The van der Waals surface area contributed by atoms with Crippen molar-refractivity contribution < 1.29 is 0 Å². The van der Waals surface area contributed by atoms with Crippen molar-refractivity contribution in [2.75, 3.05) is 37.6 Å². The van der Waals surface area contributed by atoms with Gasteiger partial charge in [0.2, 0.25) is 0 Å². The molecule has 1 aliphatic rings. The molecule has 154 valence electrons. The number of hydrogen-bond donors (Lipinski definition) is 1. The first-order chi connectivity index (χ1) is 14.7. The number of aromatic nitrogens is 7. The van der Waals surface area contributed by atoms with E-state index in [0.717, 1.165) is 55.3 Å². The molecule has 10 heteroatoms. The first kappa shape index (κ1) is 18.5. The average Bonchev–Trinajstić information content (AvgIpc) is 3.42. The van der Waals surface area contributed by atoms with E-state index in [-0.39, 0.29) is 5.56 Å². The highest BCUT2D eigenvalue weighted by molar-refractivity contribution is 5.86. The van der Waals surface area contributed by atoms with Crippen LogP contribution in [-0.4, -0.2) is 72.1 Å². The molecule has 1 saturated heterocycles. The number of H-pyrrole nitrogens is 1. The lowest BCUT2D eigenvalue weighted by atomic mass is 10.3. The lowest BCUT2D eigenvalue weighted by Gasteiger charge is -2.35. The van der Waals surface area contributed by atoms with Gasteiger partial charge in [-0.1, -0.05) is 0 Å². The molecule has 0 unspecified atom stereocenters. The average molecular weight is 405 g/mol. The molecule has 0 aliphatic carbocycles. The maximum atomic E-state index is 12.2. The van der Waals surface area contributed by atoms with Crippen molar-refractivity contribution in [3.63, 3.8) is 0 Å². The Kier molecular flexibility index (Phi) is 4.75. The van der Waals surface area contributed by atoms with Gasteiger partial charge in [-0.25, -0.2) is 19.3 Å². The summed E-state index contributed by atoms with van der Waals surface area (Å²) in [6.07, 6.45) is 5.13. The maximum Gasteiger partial charge on any atom is 0.266 e. The van der Waals surface area contributed by atoms with E-state index in [0.29, 0.717) is 12.4 Å². The van der Waals surface area contributed by atoms with Gasteiger partial charge in [0.15, 0.2) is 11.6 Å². The summed E-state index contributed by atoms with van der Waals surface area (Å²) in [5, 5.41) is 8.62. The van der Waals surface area contributed by atoms with E-state index in [4.69, 9.17) is 0 Å². The van der Waals surface area contributed by atoms with Gasteiger partial charge in [0.1, 0.15) is 11.8 Å². The second-order valence-electron chi connectivity index (χ2n) is 7.44. The Morgan fingerprint density at radius 1 is 1.10 bits per heavy atom. The summed E-state index contributed by atoms with van der Waals surface area (Å²) >= 11 is 0. The molecular formula is C20H23N9O. The lowest BCUT2D eigenvalue weighted by Crippen LogP contribution is -2.48. The van der Waals surface area contributed by atoms with E-state index in [1.54, 1.807) is 29.3 Å². The third-order valence-electron chi connectivity index (χ3n) is 5.42. The lowest BCUT2D eigenvalue weighted by molar-refractivity contribution is 0.242. The van der Waals surface area contributed by atoms with Gasteiger partial charge >= 0.3 is 0 Å². The van der Waals surface area contributed by atoms with Crippen LogP contribution in [0.1, 0.15) is 5.69 Å². The zero-order valence-corrected chi connectivity index (χ0v) is 16.8. The van der Waals surface area contributed by atoms with E-state index in [1.165, 1.54) is 4.68 Å². The van der Waals surface area contributed by atoms with E-state index in [1.807, 2.05) is 25.3 Å². The van der Waals surface area contributed by atoms with Gasteiger partial charge in [-0.3, -0.25) is 9.69 Å². The number of anilines is 1. The van der Waals surface area contributed by atoms with Crippen molar-refractivity contribution in [2.24, 2.45) is 0 Å². The monoisotopic (exact) mass is 405 g/mol. The normalized spacial score (nSPS) is 15.2. The molecule has 0 aromatic carbocycles. The van der Waals surface area contributed by atoms with E-state index in [2.05, 4.69) is 34.9 Å². The van der Waals surface area contributed by atoms with Crippen LogP contribution in [0, 0.1) is 6.92 Å². The van der Waals surface area contributed by atoms with Gasteiger partial charge in [-0.15, -0.1) is 5.10 Å². The quantitative estimate of drug-likeness (QED) is 0.525. The predicted octanol–water partition coefficient (Wildman–Crippen LogP) is 0.831. The molecule has 0 spiro atoms. The molecule has 4 aromatic heterocycles. The highest BCUT2D eigenvalue weighted by atomic mass is 16.1. The molecule has 5 rings (SSSR count). The number of rotatable bonds is 5. The number of hydrogen-bond acceptors (Lipinski definition) is 7. The van der Waals surface area contributed by atoms with Crippen LogP contribution in [0.5, 0.6) is 0 Å². The molecule has 1 aliphatic heterocycles. The molecule has 5 heterocycles. The fourth-order valence-electron chi connectivity index (χ4n) is 3.84. The maximum absolute atomic E-state index is 12.2. The van der Waals surface area contributed by atoms with Crippen LogP contribution in [0.3, 0.4) is 0 Å².